The van der Waals surface area contributed by atoms with E-state index in [1.165, 1.54) is 17.0 Å². The van der Waals surface area contributed by atoms with Crippen LogP contribution in [0.3, 0.4) is 0 Å². The number of urea groups is 1. The van der Waals surface area contributed by atoms with E-state index in [4.69, 9.17) is 4.74 Å². The lowest BCUT2D eigenvalue weighted by Gasteiger charge is -2.28. The summed E-state index contributed by atoms with van der Waals surface area (Å²) >= 11 is 1.61. The molecule has 0 saturated carbocycles. The molecule has 3 rings (SSSR count). The van der Waals surface area contributed by atoms with Crippen molar-refractivity contribution in [1.29, 1.82) is 0 Å². The van der Waals surface area contributed by atoms with E-state index >= 15 is 0 Å². The van der Waals surface area contributed by atoms with Crippen molar-refractivity contribution >= 4 is 29.0 Å². The van der Waals surface area contributed by atoms with Crippen molar-refractivity contribution in [2.75, 3.05) is 32.1 Å². The van der Waals surface area contributed by atoms with Crippen molar-refractivity contribution in [3.8, 4) is 0 Å². The van der Waals surface area contributed by atoms with Crippen LogP contribution in [-0.4, -0.2) is 48.5 Å². The second-order valence-electron chi connectivity index (χ2n) is 8.52. The Morgan fingerprint density at radius 1 is 0.946 bits per heavy atom. The SMILES string of the molecule is COCCCN(CC(=O)N(Cc1ccccc1)Cc1ccc(C)s1)C(=O)Nc1ccc(C(F)(F)F)cc1. The maximum atomic E-state index is 13.5. The number of nitrogens with one attached hydrogen (secondary N) is 1. The van der Waals surface area contributed by atoms with Gasteiger partial charge in [-0.3, -0.25) is 4.79 Å². The zero-order valence-corrected chi connectivity index (χ0v) is 21.6. The summed E-state index contributed by atoms with van der Waals surface area (Å²) in [6.07, 6.45) is -3.97. The molecule has 0 aliphatic carbocycles. The molecule has 0 atom stereocenters. The van der Waals surface area contributed by atoms with Gasteiger partial charge in [-0.15, -0.1) is 11.3 Å². The van der Waals surface area contributed by atoms with E-state index in [2.05, 4.69) is 5.32 Å². The number of anilines is 1. The summed E-state index contributed by atoms with van der Waals surface area (Å²) in [6.45, 7) is 3.22. The standard InChI is InChI=1S/C27H30F3N3O3S/c1-20-9-14-24(37-20)18-33(17-21-7-4-3-5-8-21)25(34)19-32(15-6-16-36-2)26(35)31-23-12-10-22(11-13-23)27(28,29)30/h3-5,7-14H,6,15-19H2,1-2H3,(H,31,35). The molecule has 0 fully saturated rings. The van der Waals surface area contributed by atoms with Gasteiger partial charge >= 0.3 is 12.2 Å². The van der Waals surface area contributed by atoms with Gasteiger partial charge in [0.1, 0.15) is 6.54 Å². The van der Waals surface area contributed by atoms with Crippen LogP contribution in [-0.2, 0) is 28.8 Å². The molecule has 0 radical (unpaired) electrons. The van der Waals surface area contributed by atoms with Crippen molar-refractivity contribution in [2.45, 2.75) is 32.6 Å². The predicted octanol–water partition coefficient (Wildman–Crippen LogP) is 6.17. The van der Waals surface area contributed by atoms with Gasteiger partial charge in [0.15, 0.2) is 0 Å². The van der Waals surface area contributed by atoms with Crippen molar-refractivity contribution in [3.05, 3.63) is 87.6 Å². The number of hydrogen-bond donors (Lipinski definition) is 1. The third kappa shape index (κ3) is 8.91. The summed E-state index contributed by atoms with van der Waals surface area (Å²) in [5.74, 6) is -0.241. The Morgan fingerprint density at radius 3 is 2.24 bits per heavy atom. The smallest absolute Gasteiger partial charge is 0.385 e. The fourth-order valence-electron chi connectivity index (χ4n) is 3.65. The minimum Gasteiger partial charge on any atom is -0.385 e. The fourth-order valence-corrected chi connectivity index (χ4v) is 4.56. The van der Waals surface area contributed by atoms with E-state index in [1.807, 2.05) is 49.4 Å². The van der Waals surface area contributed by atoms with E-state index in [-0.39, 0.29) is 24.7 Å². The van der Waals surface area contributed by atoms with Gasteiger partial charge in [0.25, 0.3) is 0 Å². The monoisotopic (exact) mass is 533 g/mol. The summed E-state index contributed by atoms with van der Waals surface area (Å²) < 4.78 is 43.7. The number of amides is 3. The van der Waals surface area contributed by atoms with Crippen molar-refractivity contribution in [1.82, 2.24) is 9.80 Å². The predicted molar refractivity (Wildman–Crippen MR) is 138 cm³/mol. The number of halogens is 3. The third-order valence-corrected chi connectivity index (χ3v) is 6.55. The first kappa shape index (κ1) is 28.2. The van der Waals surface area contributed by atoms with E-state index in [0.29, 0.717) is 26.1 Å². The number of aryl methyl sites for hydroxylation is 1. The molecule has 1 N–H and O–H groups in total. The van der Waals surface area contributed by atoms with Crippen LogP contribution in [0.15, 0.2) is 66.7 Å². The molecule has 0 aliphatic heterocycles. The number of rotatable bonds is 11. The second kappa shape index (κ2) is 13.3. The molecule has 0 spiro atoms. The Morgan fingerprint density at radius 2 is 1.65 bits per heavy atom. The summed E-state index contributed by atoms with van der Waals surface area (Å²) in [6, 6.07) is 17.2. The molecule has 1 aromatic heterocycles. The van der Waals surface area contributed by atoms with Crippen LogP contribution in [0.4, 0.5) is 23.7 Å². The molecule has 0 unspecified atom stereocenters. The van der Waals surface area contributed by atoms with Gasteiger partial charge in [-0.25, -0.2) is 4.79 Å². The van der Waals surface area contributed by atoms with Crippen LogP contribution in [0.5, 0.6) is 0 Å². The molecule has 6 nitrogen and oxygen atoms in total. The average molecular weight is 534 g/mol. The van der Waals surface area contributed by atoms with E-state index in [9.17, 15) is 22.8 Å². The number of carbonyl (C=O) groups is 2. The minimum absolute atomic E-state index is 0.187. The summed E-state index contributed by atoms with van der Waals surface area (Å²) in [5, 5.41) is 2.60. The van der Waals surface area contributed by atoms with Crippen LogP contribution >= 0.6 is 11.3 Å². The molecule has 0 bridgehead atoms. The van der Waals surface area contributed by atoms with Gasteiger partial charge in [-0.05, 0) is 55.3 Å². The van der Waals surface area contributed by atoms with E-state index in [0.717, 1.165) is 27.5 Å². The third-order valence-electron chi connectivity index (χ3n) is 5.57. The Balaban J connectivity index is 1.75. The lowest BCUT2D eigenvalue weighted by Crippen LogP contribution is -2.44. The Bertz CT molecular complexity index is 1150. The first-order chi connectivity index (χ1) is 17.7. The van der Waals surface area contributed by atoms with Gasteiger partial charge in [0.2, 0.25) is 5.91 Å². The molecule has 0 saturated heterocycles. The van der Waals surface area contributed by atoms with Crippen molar-refractivity contribution < 1.29 is 27.5 Å². The highest BCUT2D eigenvalue weighted by Crippen LogP contribution is 2.30. The normalized spacial score (nSPS) is 11.3. The topological polar surface area (TPSA) is 61.9 Å². The number of nitrogens with zero attached hydrogens (tertiary/aromatic N) is 2. The van der Waals surface area contributed by atoms with Crippen molar-refractivity contribution in [2.24, 2.45) is 0 Å². The van der Waals surface area contributed by atoms with Gasteiger partial charge in [-0.1, -0.05) is 30.3 Å². The first-order valence-corrected chi connectivity index (χ1v) is 12.6. The minimum atomic E-state index is -4.47. The molecule has 0 aliphatic rings. The Kier molecular flexibility index (Phi) is 10.1. The van der Waals surface area contributed by atoms with Crippen LogP contribution in [0, 0.1) is 6.92 Å². The van der Waals surface area contributed by atoms with Gasteiger partial charge < -0.3 is 19.9 Å². The lowest BCUT2D eigenvalue weighted by atomic mass is 10.2. The zero-order chi connectivity index (χ0) is 26.8. The number of benzene rings is 2. The summed E-state index contributed by atoms with van der Waals surface area (Å²) in [5.41, 5.74) is 0.361. The number of methoxy groups -OCH3 is 1. The molecule has 198 valence electrons. The zero-order valence-electron chi connectivity index (χ0n) is 20.8. The summed E-state index contributed by atoms with van der Waals surface area (Å²) in [4.78, 5) is 31.7. The molecule has 2 aromatic carbocycles. The lowest BCUT2D eigenvalue weighted by molar-refractivity contribution is -0.137. The van der Waals surface area contributed by atoms with Gasteiger partial charge in [0, 0.05) is 42.2 Å². The summed E-state index contributed by atoms with van der Waals surface area (Å²) in [7, 11) is 1.54. The second-order valence-corrected chi connectivity index (χ2v) is 9.89. The maximum absolute atomic E-state index is 13.5. The number of carbonyl (C=O) groups excluding carboxylic acids is 2. The first-order valence-electron chi connectivity index (χ1n) is 11.7. The van der Waals surface area contributed by atoms with Crippen LogP contribution in [0.1, 0.15) is 27.3 Å². The number of alkyl halides is 3. The molecular weight excluding hydrogens is 503 g/mol. The number of ether oxygens (including phenoxy) is 1. The maximum Gasteiger partial charge on any atom is 0.416 e. The largest absolute Gasteiger partial charge is 0.416 e. The highest BCUT2D eigenvalue weighted by Gasteiger charge is 2.30. The highest BCUT2D eigenvalue weighted by atomic mass is 32.1. The number of thiophene rings is 1. The Hall–Kier alpha value is -3.37. The molecular formula is C27H30F3N3O3S. The quantitative estimate of drug-likeness (QED) is 0.300. The van der Waals surface area contributed by atoms with E-state index < -0.39 is 17.8 Å². The van der Waals surface area contributed by atoms with Crippen LogP contribution in [0.25, 0.3) is 0 Å². The molecule has 1 heterocycles. The van der Waals surface area contributed by atoms with Gasteiger partial charge in [0.05, 0.1) is 12.1 Å². The van der Waals surface area contributed by atoms with Crippen molar-refractivity contribution in [3.63, 3.8) is 0 Å². The Labute approximate surface area is 218 Å². The van der Waals surface area contributed by atoms with Crippen LogP contribution < -0.4 is 5.32 Å². The van der Waals surface area contributed by atoms with Gasteiger partial charge in [-0.2, -0.15) is 13.2 Å². The average Bonchev–Trinajstić information content (AvgIpc) is 3.28. The van der Waals surface area contributed by atoms with Crippen LogP contribution in [0.2, 0.25) is 0 Å². The molecule has 37 heavy (non-hydrogen) atoms. The number of hydrogen-bond acceptors (Lipinski definition) is 4. The molecule has 10 heteroatoms. The highest BCUT2D eigenvalue weighted by molar-refractivity contribution is 7.11. The molecule has 3 amide bonds. The fraction of sp³-hybridized carbons (Fsp3) is 0.333. The van der Waals surface area contributed by atoms with E-state index in [1.54, 1.807) is 23.3 Å². The molecule has 3 aromatic rings.